The van der Waals surface area contributed by atoms with Gasteiger partial charge < -0.3 is 14.6 Å². The van der Waals surface area contributed by atoms with E-state index in [2.05, 4.69) is 40.6 Å². The molecule has 1 heterocycles. The number of carbonyl (C=O) groups is 1. The lowest BCUT2D eigenvalue weighted by Gasteiger charge is -2.16. The summed E-state index contributed by atoms with van der Waals surface area (Å²) in [7, 11) is 1.90. The molecule has 0 fully saturated rings. The Bertz CT molecular complexity index is 988. The summed E-state index contributed by atoms with van der Waals surface area (Å²) in [5.41, 5.74) is 3.50. The smallest absolute Gasteiger partial charge is 0.230 e. The molecule has 2 aromatic carbocycles. The quantitative estimate of drug-likeness (QED) is 0.526. The van der Waals surface area contributed by atoms with Crippen LogP contribution in [0.3, 0.4) is 0 Å². The Balaban J connectivity index is 1.50. The number of benzene rings is 2. The molecule has 0 radical (unpaired) electrons. The van der Waals surface area contributed by atoms with Crippen molar-refractivity contribution in [2.75, 3.05) is 12.3 Å². The Kier molecular flexibility index (Phi) is 7.52. The fourth-order valence-electron chi connectivity index (χ4n) is 3.15. The Labute approximate surface area is 182 Å². The van der Waals surface area contributed by atoms with E-state index in [1.54, 1.807) is 0 Å². The van der Waals surface area contributed by atoms with Crippen molar-refractivity contribution in [1.29, 1.82) is 0 Å². The average Bonchev–Trinajstić information content (AvgIpc) is 3.10. The predicted molar refractivity (Wildman–Crippen MR) is 120 cm³/mol. The molecule has 1 N–H and O–H groups in total. The fourth-order valence-corrected chi connectivity index (χ4v) is 3.90. The summed E-state index contributed by atoms with van der Waals surface area (Å²) in [6.07, 6.45) is 0.566. The topological polar surface area (TPSA) is 69.0 Å². The van der Waals surface area contributed by atoms with Crippen molar-refractivity contribution in [3.63, 3.8) is 0 Å². The zero-order valence-electron chi connectivity index (χ0n) is 17.9. The lowest BCUT2D eigenvalue weighted by Crippen LogP contribution is -2.27. The lowest BCUT2D eigenvalue weighted by atomic mass is 10.1. The maximum Gasteiger partial charge on any atom is 0.230 e. The summed E-state index contributed by atoms with van der Waals surface area (Å²) in [6, 6.07) is 16.2. The van der Waals surface area contributed by atoms with Crippen molar-refractivity contribution in [2.24, 2.45) is 7.05 Å². The van der Waals surface area contributed by atoms with Gasteiger partial charge in [-0.05, 0) is 44.4 Å². The van der Waals surface area contributed by atoms with Crippen LogP contribution in [-0.4, -0.2) is 33.0 Å². The van der Waals surface area contributed by atoms with Crippen molar-refractivity contribution >= 4 is 17.7 Å². The van der Waals surface area contributed by atoms with E-state index in [1.165, 1.54) is 22.9 Å². The van der Waals surface area contributed by atoms with Gasteiger partial charge in [0.25, 0.3) is 0 Å². The third-order valence-corrected chi connectivity index (χ3v) is 5.80. The summed E-state index contributed by atoms with van der Waals surface area (Å²) in [6.45, 7) is 6.66. The molecule has 30 heavy (non-hydrogen) atoms. The number of nitrogens with one attached hydrogen (secondary N) is 1. The van der Waals surface area contributed by atoms with Gasteiger partial charge in [-0.3, -0.25) is 4.79 Å². The van der Waals surface area contributed by atoms with Crippen molar-refractivity contribution in [3.05, 3.63) is 71.0 Å². The molecule has 0 aliphatic heterocycles. The molecule has 1 atom stereocenters. The van der Waals surface area contributed by atoms with Gasteiger partial charge in [0, 0.05) is 13.6 Å². The molecule has 0 bridgehead atoms. The maximum atomic E-state index is 12.2. The molecule has 0 saturated heterocycles. The molecular weight excluding hydrogens is 396 g/mol. The molecule has 3 aromatic rings. The van der Waals surface area contributed by atoms with Crippen molar-refractivity contribution in [1.82, 2.24) is 20.1 Å². The zero-order chi connectivity index (χ0) is 21.5. The number of amides is 1. The van der Waals surface area contributed by atoms with Crippen molar-refractivity contribution in [2.45, 2.75) is 38.5 Å². The van der Waals surface area contributed by atoms with Crippen molar-refractivity contribution < 1.29 is 9.53 Å². The van der Waals surface area contributed by atoms with Gasteiger partial charge in [-0.25, -0.2) is 0 Å². The van der Waals surface area contributed by atoms with Crippen LogP contribution in [-0.2, 0) is 18.3 Å². The highest BCUT2D eigenvalue weighted by Gasteiger charge is 2.18. The van der Waals surface area contributed by atoms with E-state index < -0.39 is 0 Å². The first-order valence-corrected chi connectivity index (χ1v) is 11.0. The Morgan fingerprint density at radius 3 is 2.67 bits per heavy atom. The number of hydrogen-bond donors (Lipinski definition) is 1. The van der Waals surface area contributed by atoms with Gasteiger partial charge in [0.2, 0.25) is 5.91 Å². The van der Waals surface area contributed by atoms with Crippen LogP contribution in [0.15, 0.2) is 53.7 Å². The van der Waals surface area contributed by atoms with E-state index in [4.69, 9.17) is 4.74 Å². The van der Waals surface area contributed by atoms with Gasteiger partial charge in [0.1, 0.15) is 5.75 Å². The summed E-state index contributed by atoms with van der Waals surface area (Å²) in [5, 5.41) is 12.2. The molecule has 6 nitrogen and oxygen atoms in total. The minimum absolute atomic E-state index is 0.0138. The monoisotopic (exact) mass is 424 g/mol. The normalized spacial score (nSPS) is 11.9. The Hall–Kier alpha value is -2.80. The highest BCUT2D eigenvalue weighted by Crippen LogP contribution is 2.26. The maximum absolute atomic E-state index is 12.2. The van der Waals surface area contributed by atoms with E-state index in [0.29, 0.717) is 17.5 Å². The summed E-state index contributed by atoms with van der Waals surface area (Å²) in [5.74, 6) is 1.85. The van der Waals surface area contributed by atoms with E-state index in [-0.39, 0.29) is 12.0 Å². The molecule has 0 aliphatic carbocycles. The molecule has 1 amide bonds. The SMILES string of the molecule is Cc1ccc(OC(C)c2nnc(SCC(=O)NCCc3ccccc3)n2C)c(C)c1. The predicted octanol–water partition coefficient (Wildman–Crippen LogP) is 4.02. The van der Waals surface area contributed by atoms with Gasteiger partial charge >= 0.3 is 0 Å². The van der Waals surface area contributed by atoms with Gasteiger partial charge in [-0.2, -0.15) is 0 Å². The minimum atomic E-state index is -0.252. The number of thioether (sulfide) groups is 1. The fraction of sp³-hybridized carbons (Fsp3) is 0.348. The number of aromatic nitrogens is 3. The van der Waals surface area contributed by atoms with Crippen LogP contribution in [0.1, 0.15) is 35.5 Å². The number of rotatable bonds is 9. The van der Waals surface area contributed by atoms with Crippen LogP contribution in [0.25, 0.3) is 0 Å². The second-order valence-corrected chi connectivity index (χ2v) is 8.25. The second-order valence-electron chi connectivity index (χ2n) is 7.30. The number of hydrogen-bond acceptors (Lipinski definition) is 5. The molecule has 3 rings (SSSR count). The standard InChI is InChI=1S/C23H28N4O2S/c1-16-10-11-20(17(2)14-16)29-18(3)22-25-26-23(27(22)4)30-15-21(28)24-13-12-19-8-6-5-7-9-19/h5-11,14,18H,12-13,15H2,1-4H3,(H,24,28). The largest absolute Gasteiger partial charge is 0.482 e. The Morgan fingerprint density at radius 2 is 1.93 bits per heavy atom. The highest BCUT2D eigenvalue weighted by molar-refractivity contribution is 7.99. The van der Waals surface area contributed by atoms with Gasteiger partial charge in [-0.15, -0.1) is 10.2 Å². The van der Waals surface area contributed by atoms with Crippen LogP contribution >= 0.6 is 11.8 Å². The minimum Gasteiger partial charge on any atom is -0.482 e. The first kappa shape index (κ1) is 21.9. The van der Waals surface area contributed by atoms with Crippen LogP contribution in [0.2, 0.25) is 0 Å². The van der Waals surface area contributed by atoms with E-state index in [9.17, 15) is 4.79 Å². The molecule has 0 spiro atoms. The lowest BCUT2D eigenvalue weighted by molar-refractivity contribution is -0.118. The molecule has 7 heteroatoms. The number of ether oxygens (including phenoxy) is 1. The number of nitrogens with zero attached hydrogens (tertiary/aromatic N) is 3. The van der Waals surface area contributed by atoms with Crippen LogP contribution in [0.4, 0.5) is 0 Å². The van der Waals surface area contributed by atoms with E-state index in [1.807, 2.05) is 55.8 Å². The summed E-state index contributed by atoms with van der Waals surface area (Å²) >= 11 is 1.37. The van der Waals surface area contributed by atoms with Gasteiger partial charge in [-0.1, -0.05) is 59.8 Å². The molecule has 1 unspecified atom stereocenters. The van der Waals surface area contributed by atoms with Crippen LogP contribution in [0.5, 0.6) is 5.75 Å². The molecular formula is C23H28N4O2S. The van der Waals surface area contributed by atoms with E-state index in [0.717, 1.165) is 23.6 Å². The summed E-state index contributed by atoms with van der Waals surface area (Å²) in [4.78, 5) is 12.2. The highest BCUT2D eigenvalue weighted by atomic mass is 32.2. The van der Waals surface area contributed by atoms with E-state index >= 15 is 0 Å². The third-order valence-electron chi connectivity index (χ3n) is 4.78. The van der Waals surface area contributed by atoms with Gasteiger partial charge in [0.15, 0.2) is 17.1 Å². The average molecular weight is 425 g/mol. The zero-order valence-corrected chi connectivity index (χ0v) is 18.7. The van der Waals surface area contributed by atoms with Crippen LogP contribution < -0.4 is 10.1 Å². The molecule has 158 valence electrons. The number of aryl methyl sites for hydroxylation is 2. The third kappa shape index (κ3) is 5.86. The first-order chi connectivity index (χ1) is 14.4. The molecule has 0 saturated carbocycles. The number of carbonyl (C=O) groups excluding carboxylic acids is 1. The van der Waals surface area contributed by atoms with Crippen LogP contribution in [0, 0.1) is 13.8 Å². The summed E-state index contributed by atoms with van der Waals surface area (Å²) < 4.78 is 7.97. The molecule has 0 aliphatic rings. The van der Waals surface area contributed by atoms with Gasteiger partial charge in [0.05, 0.1) is 5.75 Å². The Morgan fingerprint density at radius 1 is 1.17 bits per heavy atom. The first-order valence-electron chi connectivity index (χ1n) is 10.0. The van der Waals surface area contributed by atoms with Crippen molar-refractivity contribution in [3.8, 4) is 5.75 Å². The molecule has 1 aromatic heterocycles. The second kappa shape index (κ2) is 10.3.